The summed E-state index contributed by atoms with van der Waals surface area (Å²) in [4.78, 5) is 24.5. The predicted molar refractivity (Wildman–Crippen MR) is 67.5 cm³/mol. The average molecular weight is 247 g/mol. The topological polar surface area (TPSA) is 57.6 Å². The van der Waals surface area contributed by atoms with Crippen molar-refractivity contribution in [3.05, 3.63) is 35.4 Å². The summed E-state index contributed by atoms with van der Waals surface area (Å²) in [5.74, 6) is -0.246. The Labute approximate surface area is 106 Å². The molecule has 96 valence electrons. The van der Waals surface area contributed by atoms with Gasteiger partial charge in [0.05, 0.1) is 12.0 Å². The quantitative estimate of drug-likeness (QED) is 0.863. The van der Waals surface area contributed by atoms with Gasteiger partial charge in [-0.05, 0) is 36.5 Å². The lowest BCUT2D eigenvalue weighted by atomic mass is 10.1. The smallest absolute Gasteiger partial charge is 0.335 e. The zero-order chi connectivity index (χ0) is 13.1. The molecule has 4 heteroatoms. The van der Waals surface area contributed by atoms with E-state index >= 15 is 0 Å². The number of carbonyl (C=O) groups is 2. The lowest BCUT2D eigenvalue weighted by Crippen LogP contribution is -2.30. The van der Waals surface area contributed by atoms with Gasteiger partial charge < -0.3 is 10.0 Å². The summed E-state index contributed by atoms with van der Waals surface area (Å²) in [5, 5.41) is 8.88. The molecule has 0 unspecified atom stereocenters. The number of nitrogens with zero attached hydrogens (tertiary/aromatic N) is 1. The van der Waals surface area contributed by atoms with Crippen molar-refractivity contribution in [2.75, 3.05) is 13.6 Å². The highest BCUT2D eigenvalue weighted by atomic mass is 16.4. The highest BCUT2D eigenvalue weighted by Gasteiger charge is 2.24. The first kappa shape index (κ1) is 12.6. The van der Waals surface area contributed by atoms with E-state index in [0.717, 1.165) is 12.1 Å². The van der Waals surface area contributed by atoms with Gasteiger partial charge in [-0.15, -0.1) is 0 Å². The van der Waals surface area contributed by atoms with Gasteiger partial charge in [-0.25, -0.2) is 4.79 Å². The van der Waals surface area contributed by atoms with E-state index in [1.165, 1.54) is 18.9 Å². The maximum atomic E-state index is 11.9. The van der Waals surface area contributed by atoms with Crippen LogP contribution in [0.3, 0.4) is 0 Å². The molecule has 0 aliphatic heterocycles. The second-order valence-electron chi connectivity index (χ2n) is 4.90. The highest BCUT2D eigenvalue weighted by Crippen LogP contribution is 2.29. The molecular weight excluding hydrogens is 230 g/mol. The van der Waals surface area contributed by atoms with E-state index in [4.69, 9.17) is 5.11 Å². The summed E-state index contributed by atoms with van der Waals surface area (Å²) in [7, 11) is 1.81. The molecule has 0 heterocycles. The summed E-state index contributed by atoms with van der Waals surface area (Å²) in [6.45, 7) is 0.817. The number of carbonyl (C=O) groups excluding carboxylic acids is 1. The number of carboxylic acid groups (broad SMARTS) is 1. The Bertz CT molecular complexity index is 466. The summed E-state index contributed by atoms with van der Waals surface area (Å²) >= 11 is 0. The number of hydrogen-bond acceptors (Lipinski definition) is 2. The van der Waals surface area contributed by atoms with Crippen molar-refractivity contribution in [1.82, 2.24) is 4.90 Å². The Kier molecular flexibility index (Phi) is 3.65. The van der Waals surface area contributed by atoms with Crippen LogP contribution in [0.15, 0.2) is 24.3 Å². The molecular formula is C14H17NO3. The number of amides is 1. The third-order valence-electron chi connectivity index (χ3n) is 3.18. The minimum Gasteiger partial charge on any atom is -0.478 e. The van der Waals surface area contributed by atoms with Crippen molar-refractivity contribution < 1.29 is 14.7 Å². The van der Waals surface area contributed by atoms with Crippen molar-refractivity contribution >= 4 is 11.9 Å². The lowest BCUT2D eigenvalue weighted by molar-refractivity contribution is -0.129. The van der Waals surface area contributed by atoms with Gasteiger partial charge in [0.15, 0.2) is 0 Å². The fraction of sp³-hybridized carbons (Fsp3) is 0.429. The Morgan fingerprint density at radius 1 is 1.39 bits per heavy atom. The zero-order valence-corrected chi connectivity index (χ0v) is 10.4. The summed E-state index contributed by atoms with van der Waals surface area (Å²) in [6, 6.07) is 6.55. The largest absolute Gasteiger partial charge is 0.478 e. The second kappa shape index (κ2) is 5.21. The maximum absolute atomic E-state index is 11.9. The van der Waals surface area contributed by atoms with Gasteiger partial charge >= 0.3 is 5.97 Å². The molecule has 1 saturated carbocycles. The van der Waals surface area contributed by atoms with Gasteiger partial charge in [0.2, 0.25) is 5.91 Å². The number of rotatable bonds is 5. The summed E-state index contributed by atoms with van der Waals surface area (Å²) in [6.07, 6.45) is 2.70. The van der Waals surface area contributed by atoms with Crippen LogP contribution in [0.1, 0.15) is 28.8 Å². The van der Waals surface area contributed by atoms with Crippen molar-refractivity contribution in [1.29, 1.82) is 0 Å². The molecule has 0 saturated heterocycles. The molecule has 1 aliphatic carbocycles. The minimum absolute atomic E-state index is 0.0458. The Morgan fingerprint density at radius 2 is 2.11 bits per heavy atom. The number of aromatic carboxylic acids is 1. The molecule has 0 atom stereocenters. The van der Waals surface area contributed by atoms with Crippen LogP contribution in [0.25, 0.3) is 0 Å². The number of likely N-dealkylation sites (N-methyl/N-ethyl adjacent to an activating group) is 1. The molecule has 0 radical (unpaired) electrons. The normalized spacial score (nSPS) is 14.3. The zero-order valence-electron chi connectivity index (χ0n) is 10.4. The van der Waals surface area contributed by atoms with Gasteiger partial charge in [-0.2, -0.15) is 0 Å². The van der Waals surface area contributed by atoms with E-state index in [-0.39, 0.29) is 17.9 Å². The van der Waals surface area contributed by atoms with Gasteiger partial charge in [0.25, 0.3) is 0 Å². The van der Waals surface area contributed by atoms with E-state index in [2.05, 4.69) is 0 Å². The van der Waals surface area contributed by atoms with Crippen LogP contribution in [0.2, 0.25) is 0 Å². The molecule has 0 bridgehead atoms. The van der Waals surface area contributed by atoms with Gasteiger partial charge in [-0.1, -0.05) is 12.1 Å². The molecule has 1 fully saturated rings. The predicted octanol–water partition coefficient (Wildman–Crippen LogP) is 1.80. The average Bonchev–Trinajstić information content (AvgIpc) is 3.13. The van der Waals surface area contributed by atoms with Crippen molar-refractivity contribution in [3.63, 3.8) is 0 Å². The van der Waals surface area contributed by atoms with E-state index in [0.29, 0.717) is 5.92 Å². The molecule has 18 heavy (non-hydrogen) atoms. The van der Waals surface area contributed by atoms with Crippen molar-refractivity contribution in [2.45, 2.75) is 19.3 Å². The maximum Gasteiger partial charge on any atom is 0.335 e. The van der Waals surface area contributed by atoms with E-state index in [9.17, 15) is 9.59 Å². The van der Waals surface area contributed by atoms with Gasteiger partial charge in [0, 0.05) is 13.6 Å². The van der Waals surface area contributed by atoms with Gasteiger partial charge in [-0.3, -0.25) is 4.79 Å². The fourth-order valence-corrected chi connectivity index (χ4v) is 1.91. The van der Waals surface area contributed by atoms with Crippen LogP contribution >= 0.6 is 0 Å². The second-order valence-corrected chi connectivity index (χ2v) is 4.90. The Hall–Kier alpha value is -1.84. The van der Waals surface area contributed by atoms with Crippen LogP contribution in [0.4, 0.5) is 0 Å². The summed E-state index contributed by atoms with van der Waals surface area (Å²) < 4.78 is 0. The Morgan fingerprint density at radius 3 is 2.72 bits per heavy atom. The molecule has 4 nitrogen and oxygen atoms in total. The monoisotopic (exact) mass is 247 g/mol. The first-order valence-corrected chi connectivity index (χ1v) is 6.12. The third-order valence-corrected chi connectivity index (χ3v) is 3.18. The van der Waals surface area contributed by atoms with Crippen molar-refractivity contribution in [3.8, 4) is 0 Å². The van der Waals surface area contributed by atoms with Crippen LogP contribution in [0.5, 0.6) is 0 Å². The van der Waals surface area contributed by atoms with E-state index < -0.39 is 5.97 Å². The highest BCUT2D eigenvalue weighted by molar-refractivity contribution is 5.88. The van der Waals surface area contributed by atoms with Crippen LogP contribution in [0, 0.1) is 5.92 Å². The standard InChI is InChI=1S/C14H17NO3/c1-15(9-10-5-6-10)13(16)8-11-3-2-4-12(7-11)14(17)18/h2-4,7,10H,5-6,8-9H2,1H3,(H,17,18). The van der Waals surface area contributed by atoms with Crippen LogP contribution in [-0.2, 0) is 11.2 Å². The molecule has 0 aromatic heterocycles. The molecule has 1 aromatic rings. The fourth-order valence-electron chi connectivity index (χ4n) is 1.91. The lowest BCUT2D eigenvalue weighted by Gasteiger charge is -2.16. The SMILES string of the molecule is CN(CC1CC1)C(=O)Cc1cccc(C(=O)O)c1. The molecule has 0 spiro atoms. The Balaban J connectivity index is 1.97. The summed E-state index contributed by atoms with van der Waals surface area (Å²) in [5.41, 5.74) is 0.979. The number of hydrogen-bond donors (Lipinski definition) is 1. The molecule has 2 rings (SSSR count). The van der Waals surface area contributed by atoms with Crippen LogP contribution < -0.4 is 0 Å². The number of benzene rings is 1. The molecule has 1 amide bonds. The molecule has 1 N–H and O–H groups in total. The number of carboxylic acids is 1. The van der Waals surface area contributed by atoms with Crippen LogP contribution in [-0.4, -0.2) is 35.5 Å². The molecule has 1 aliphatic rings. The first-order chi connectivity index (χ1) is 8.56. The van der Waals surface area contributed by atoms with Gasteiger partial charge in [0.1, 0.15) is 0 Å². The molecule has 1 aromatic carbocycles. The van der Waals surface area contributed by atoms with E-state index in [1.807, 2.05) is 7.05 Å². The third kappa shape index (κ3) is 3.32. The minimum atomic E-state index is -0.962. The van der Waals surface area contributed by atoms with Crippen molar-refractivity contribution in [2.24, 2.45) is 5.92 Å². The van der Waals surface area contributed by atoms with E-state index in [1.54, 1.807) is 23.1 Å². The first-order valence-electron chi connectivity index (χ1n) is 6.12.